The number of fused-ring (bicyclic) bond motifs is 1. The molecule has 0 N–H and O–H groups in total. The Bertz CT molecular complexity index is 633. The zero-order chi connectivity index (χ0) is 14.5. The third-order valence-electron chi connectivity index (χ3n) is 3.59. The van der Waals surface area contributed by atoms with E-state index < -0.39 is 0 Å². The fraction of sp³-hybridized carbons (Fsp3) is 0.375. The van der Waals surface area contributed by atoms with Crippen molar-refractivity contribution in [1.82, 2.24) is 4.98 Å². The van der Waals surface area contributed by atoms with Crippen molar-refractivity contribution >= 4 is 28.5 Å². The number of para-hydroxylation sites is 1. The molecule has 0 aliphatic rings. The van der Waals surface area contributed by atoms with Gasteiger partial charge in [-0.1, -0.05) is 18.2 Å². The first kappa shape index (κ1) is 14.7. The molecule has 1 unspecified atom stereocenters. The summed E-state index contributed by atoms with van der Waals surface area (Å²) < 4.78 is 0. The molecule has 1 aromatic carbocycles. The summed E-state index contributed by atoms with van der Waals surface area (Å²) in [6.45, 7) is 2.19. The van der Waals surface area contributed by atoms with Crippen LogP contribution in [-0.4, -0.2) is 30.1 Å². The quantitative estimate of drug-likeness (QED) is 0.840. The summed E-state index contributed by atoms with van der Waals surface area (Å²) >= 11 is 1.85. The van der Waals surface area contributed by atoms with Crippen molar-refractivity contribution in [2.75, 3.05) is 24.0 Å². The lowest BCUT2D eigenvalue weighted by Gasteiger charge is -2.26. The van der Waals surface area contributed by atoms with E-state index in [0.717, 1.165) is 28.9 Å². The maximum absolute atomic E-state index is 9.32. The van der Waals surface area contributed by atoms with Gasteiger partial charge in [-0.25, -0.2) is 4.98 Å². The molecule has 4 heteroatoms. The lowest BCUT2D eigenvalue weighted by atomic mass is 10.1. The molecule has 2 aromatic rings. The number of pyridine rings is 1. The van der Waals surface area contributed by atoms with Crippen LogP contribution < -0.4 is 4.90 Å². The number of aromatic nitrogens is 1. The van der Waals surface area contributed by atoms with Crippen molar-refractivity contribution in [2.45, 2.75) is 19.4 Å². The summed E-state index contributed by atoms with van der Waals surface area (Å²) in [4.78, 5) is 6.84. The molecule has 1 heterocycles. The Hall–Kier alpha value is -1.73. The van der Waals surface area contributed by atoms with Crippen molar-refractivity contribution in [3.05, 3.63) is 35.9 Å². The zero-order valence-electron chi connectivity index (χ0n) is 12.1. The summed E-state index contributed by atoms with van der Waals surface area (Å²) in [5.41, 5.74) is 1.57. The number of hydrogen-bond acceptors (Lipinski definition) is 4. The van der Waals surface area contributed by atoms with Crippen molar-refractivity contribution < 1.29 is 0 Å². The van der Waals surface area contributed by atoms with Gasteiger partial charge in [-0.3, -0.25) is 0 Å². The van der Waals surface area contributed by atoms with Crippen molar-refractivity contribution in [3.8, 4) is 6.07 Å². The van der Waals surface area contributed by atoms with Crippen LogP contribution in [0, 0.1) is 11.3 Å². The van der Waals surface area contributed by atoms with Crippen LogP contribution in [0.1, 0.15) is 18.9 Å². The van der Waals surface area contributed by atoms with Crippen LogP contribution in [0.5, 0.6) is 0 Å². The number of benzene rings is 1. The van der Waals surface area contributed by atoms with Gasteiger partial charge in [0.05, 0.1) is 17.1 Å². The Morgan fingerprint density at radius 1 is 1.40 bits per heavy atom. The smallest absolute Gasteiger partial charge is 0.130 e. The topological polar surface area (TPSA) is 39.9 Å². The number of nitrogens with zero attached hydrogens (tertiary/aromatic N) is 3. The second kappa shape index (κ2) is 6.62. The van der Waals surface area contributed by atoms with Gasteiger partial charge in [-0.2, -0.15) is 17.0 Å². The van der Waals surface area contributed by atoms with E-state index in [1.807, 2.05) is 49.1 Å². The van der Waals surface area contributed by atoms with E-state index in [4.69, 9.17) is 0 Å². The molecule has 3 nitrogen and oxygen atoms in total. The highest BCUT2D eigenvalue weighted by molar-refractivity contribution is 7.98. The maximum Gasteiger partial charge on any atom is 0.130 e. The van der Waals surface area contributed by atoms with E-state index in [0.29, 0.717) is 11.6 Å². The summed E-state index contributed by atoms with van der Waals surface area (Å²) in [6.07, 6.45) is 3.23. The largest absolute Gasteiger partial charge is 0.357 e. The SMILES string of the molecule is CSCCC(C)N(C)c1cc(C#N)c2ccccc2n1. The lowest BCUT2D eigenvalue weighted by molar-refractivity contribution is 0.663. The molecule has 1 atom stereocenters. The molecule has 0 radical (unpaired) electrons. The van der Waals surface area contributed by atoms with Gasteiger partial charge in [-0.05, 0) is 37.5 Å². The molecule has 0 aliphatic heterocycles. The van der Waals surface area contributed by atoms with E-state index in [1.165, 1.54) is 0 Å². The zero-order valence-corrected chi connectivity index (χ0v) is 12.9. The van der Waals surface area contributed by atoms with Gasteiger partial charge in [0.25, 0.3) is 0 Å². The second-order valence-corrected chi connectivity index (χ2v) is 5.88. The average molecular weight is 285 g/mol. The van der Waals surface area contributed by atoms with Crippen LogP contribution in [-0.2, 0) is 0 Å². The molecule has 0 saturated carbocycles. The van der Waals surface area contributed by atoms with Gasteiger partial charge >= 0.3 is 0 Å². The fourth-order valence-electron chi connectivity index (χ4n) is 2.14. The van der Waals surface area contributed by atoms with Crippen LogP contribution >= 0.6 is 11.8 Å². The number of nitriles is 1. The minimum Gasteiger partial charge on any atom is -0.357 e. The molecule has 0 bridgehead atoms. The van der Waals surface area contributed by atoms with E-state index in [2.05, 4.69) is 29.1 Å². The number of thioether (sulfide) groups is 1. The van der Waals surface area contributed by atoms with E-state index in [-0.39, 0.29) is 0 Å². The second-order valence-electron chi connectivity index (χ2n) is 4.90. The molecule has 0 amide bonds. The van der Waals surface area contributed by atoms with Crippen molar-refractivity contribution in [2.24, 2.45) is 0 Å². The van der Waals surface area contributed by atoms with Crippen LogP contribution in [0.4, 0.5) is 5.82 Å². The summed E-state index contributed by atoms with van der Waals surface area (Å²) in [5, 5.41) is 10.2. The van der Waals surface area contributed by atoms with Gasteiger partial charge in [0.1, 0.15) is 5.82 Å². The third kappa shape index (κ3) is 3.05. The minimum absolute atomic E-state index is 0.405. The minimum atomic E-state index is 0.405. The highest BCUT2D eigenvalue weighted by Gasteiger charge is 2.13. The molecular weight excluding hydrogens is 266 g/mol. The monoisotopic (exact) mass is 285 g/mol. The van der Waals surface area contributed by atoms with Gasteiger partial charge in [0, 0.05) is 18.5 Å². The van der Waals surface area contributed by atoms with E-state index >= 15 is 0 Å². The van der Waals surface area contributed by atoms with Gasteiger partial charge in [0.2, 0.25) is 0 Å². The molecule has 2 rings (SSSR count). The Morgan fingerprint density at radius 3 is 2.85 bits per heavy atom. The molecule has 0 spiro atoms. The number of hydrogen-bond donors (Lipinski definition) is 0. The average Bonchev–Trinajstić information content (AvgIpc) is 2.50. The highest BCUT2D eigenvalue weighted by Crippen LogP contribution is 2.23. The van der Waals surface area contributed by atoms with Crippen LogP contribution in [0.25, 0.3) is 10.9 Å². The third-order valence-corrected chi connectivity index (χ3v) is 4.23. The Balaban J connectivity index is 2.37. The van der Waals surface area contributed by atoms with Gasteiger partial charge in [-0.15, -0.1) is 0 Å². The highest BCUT2D eigenvalue weighted by atomic mass is 32.2. The molecule has 104 valence electrons. The fourth-order valence-corrected chi connectivity index (χ4v) is 2.72. The van der Waals surface area contributed by atoms with Crippen LogP contribution in [0.15, 0.2) is 30.3 Å². The summed E-state index contributed by atoms with van der Waals surface area (Å²) in [6, 6.07) is 12.4. The Labute approximate surface area is 124 Å². The van der Waals surface area contributed by atoms with E-state index in [9.17, 15) is 5.26 Å². The summed E-state index contributed by atoms with van der Waals surface area (Å²) in [5.74, 6) is 2.00. The first-order chi connectivity index (χ1) is 9.67. The molecule has 0 saturated heterocycles. The van der Waals surface area contributed by atoms with E-state index in [1.54, 1.807) is 0 Å². The van der Waals surface area contributed by atoms with Crippen molar-refractivity contribution in [3.63, 3.8) is 0 Å². The predicted octanol–water partition coefficient (Wildman–Crippen LogP) is 3.68. The Kier molecular flexibility index (Phi) is 4.86. The molecule has 20 heavy (non-hydrogen) atoms. The normalized spacial score (nSPS) is 12.1. The first-order valence-electron chi connectivity index (χ1n) is 6.69. The lowest BCUT2D eigenvalue weighted by Crippen LogP contribution is -2.30. The summed E-state index contributed by atoms with van der Waals surface area (Å²) in [7, 11) is 2.04. The van der Waals surface area contributed by atoms with Crippen LogP contribution in [0.2, 0.25) is 0 Å². The number of rotatable bonds is 5. The van der Waals surface area contributed by atoms with Gasteiger partial charge < -0.3 is 4.90 Å². The van der Waals surface area contributed by atoms with Crippen LogP contribution in [0.3, 0.4) is 0 Å². The first-order valence-corrected chi connectivity index (χ1v) is 8.08. The standard InChI is InChI=1S/C16H19N3S/c1-12(8-9-20-3)19(2)16-10-13(11-17)14-6-4-5-7-15(14)18-16/h4-7,10,12H,8-9H2,1-3H3. The molecule has 0 fully saturated rings. The van der Waals surface area contributed by atoms with Crippen molar-refractivity contribution in [1.29, 1.82) is 5.26 Å². The molecule has 1 aromatic heterocycles. The molecule has 0 aliphatic carbocycles. The predicted molar refractivity (Wildman–Crippen MR) is 87.3 cm³/mol. The maximum atomic E-state index is 9.32. The number of anilines is 1. The van der Waals surface area contributed by atoms with Gasteiger partial charge in [0.15, 0.2) is 0 Å². The Morgan fingerprint density at radius 2 is 2.15 bits per heavy atom. The molecular formula is C16H19N3S.